The maximum Gasteiger partial charge on any atom is 0.216 e. The van der Waals surface area contributed by atoms with Crippen LogP contribution in [0.25, 0.3) is 10.8 Å². The van der Waals surface area contributed by atoms with Crippen molar-refractivity contribution in [3.8, 4) is 0 Å². The van der Waals surface area contributed by atoms with Crippen molar-refractivity contribution < 1.29 is 13.0 Å². The molecule has 0 amide bonds. The molecule has 0 atom stereocenters. The van der Waals surface area contributed by atoms with Gasteiger partial charge < -0.3 is 4.55 Å². The molecule has 1 heterocycles. The molecule has 0 aromatic heterocycles. The maximum absolute atomic E-state index is 11.5. The van der Waals surface area contributed by atoms with Crippen LogP contribution in [0.4, 0.5) is 11.4 Å². The second-order valence-corrected chi connectivity index (χ2v) is 10.6. The van der Waals surface area contributed by atoms with E-state index in [1.165, 1.54) is 17.8 Å². The Kier molecular flexibility index (Phi) is 4.27. The molecule has 3 aromatic carbocycles. The Bertz CT molecular complexity index is 1260. The molecule has 4 rings (SSSR count). The van der Waals surface area contributed by atoms with Crippen molar-refractivity contribution in [2.45, 2.75) is 44.9 Å². The Morgan fingerprint density at radius 2 is 1.59 bits per heavy atom. The Morgan fingerprint density at radius 3 is 2.17 bits per heavy atom. The highest BCUT2D eigenvalue weighted by Crippen LogP contribution is 2.49. The van der Waals surface area contributed by atoms with E-state index in [0.717, 1.165) is 27.7 Å². The third kappa shape index (κ3) is 3.09. The smallest absolute Gasteiger partial charge is 0.216 e. The van der Waals surface area contributed by atoms with Crippen LogP contribution in [0.1, 0.15) is 40.2 Å². The lowest BCUT2D eigenvalue weighted by molar-refractivity contribution is 0.463. The average Bonchev–Trinajstić information content (AvgIpc) is 2.89. The molecule has 0 radical (unpaired) electrons. The SMILES string of the molecule is CC(C)(C)C1=[N+](c2ccccc2)c2ccc3cc(S(=O)(=O)[O-])ccc3c2C1(C)C. The van der Waals surface area contributed by atoms with Crippen LogP contribution in [0, 0.1) is 5.41 Å². The lowest BCUT2D eigenvalue weighted by Gasteiger charge is -2.27. The second-order valence-electron chi connectivity index (χ2n) is 9.19. The highest BCUT2D eigenvalue weighted by molar-refractivity contribution is 7.85. The third-order valence-corrected chi connectivity index (χ3v) is 6.50. The molecule has 1 aliphatic rings. The molecule has 0 spiro atoms. The van der Waals surface area contributed by atoms with E-state index in [0.29, 0.717) is 0 Å². The number of hydrogen-bond donors (Lipinski definition) is 0. The largest absolute Gasteiger partial charge is 0.744 e. The Balaban J connectivity index is 2.09. The van der Waals surface area contributed by atoms with Crippen LogP contribution >= 0.6 is 0 Å². The normalized spacial score (nSPS) is 16.3. The highest BCUT2D eigenvalue weighted by Gasteiger charge is 2.52. The summed E-state index contributed by atoms with van der Waals surface area (Å²) in [6.45, 7) is 11.1. The van der Waals surface area contributed by atoms with Crippen molar-refractivity contribution in [2.75, 3.05) is 0 Å². The van der Waals surface area contributed by atoms with Crippen LogP contribution in [-0.4, -0.2) is 18.7 Å². The van der Waals surface area contributed by atoms with Crippen molar-refractivity contribution in [3.63, 3.8) is 0 Å². The Hall–Kier alpha value is -2.50. The van der Waals surface area contributed by atoms with Crippen LogP contribution < -0.4 is 4.58 Å². The van der Waals surface area contributed by atoms with Gasteiger partial charge in [0.2, 0.25) is 11.4 Å². The van der Waals surface area contributed by atoms with E-state index in [2.05, 4.69) is 51.3 Å². The zero-order valence-corrected chi connectivity index (χ0v) is 18.2. The van der Waals surface area contributed by atoms with E-state index in [1.54, 1.807) is 6.07 Å². The van der Waals surface area contributed by atoms with Gasteiger partial charge in [0.15, 0.2) is 5.71 Å². The minimum Gasteiger partial charge on any atom is -0.744 e. The third-order valence-electron chi connectivity index (χ3n) is 5.66. The molecular weight excluding hydrogens is 382 g/mol. The number of hydrogen-bond acceptors (Lipinski definition) is 3. The number of nitrogens with zero attached hydrogens (tertiary/aromatic N) is 1. The van der Waals surface area contributed by atoms with Crippen molar-refractivity contribution in [1.82, 2.24) is 4.58 Å². The molecule has 0 saturated heterocycles. The van der Waals surface area contributed by atoms with Gasteiger partial charge in [-0.2, -0.15) is 4.58 Å². The molecule has 5 heteroatoms. The maximum atomic E-state index is 11.5. The zero-order chi connectivity index (χ0) is 21.2. The predicted molar refractivity (Wildman–Crippen MR) is 117 cm³/mol. The molecule has 0 aliphatic carbocycles. The van der Waals surface area contributed by atoms with E-state index in [-0.39, 0.29) is 15.7 Å². The first-order valence-electron chi connectivity index (χ1n) is 9.68. The first kappa shape index (κ1) is 19.8. The summed E-state index contributed by atoms with van der Waals surface area (Å²) in [5.41, 5.74) is 4.25. The van der Waals surface area contributed by atoms with Gasteiger partial charge in [0.1, 0.15) is 10.1 Å². The lowest BCUT2D eigenvalue weighted by Crippen LogP contribution is -2.39. The van der Waals surface area contributed by atoms with Crippen LogP contribution in [-0.2, 0) is 15.5 Å². The van der Waals surface area contributed by atoms with Crippen LogP contribution in [0.15, 0.2) is 65.6 Å². The number of benzene rings is 3. The van der Waals surface area contributed by atoms with Gasteiger partial charge >= 0.3 is 0 Å². The van der Waals surface area contributed by atoms with E-state index in [1.807, 2.05) is 30.3 Å². The highest BCUT2D eigenvalue weighted by atomic mass is 32.2. The Morgan fingerprint density at radius 1 is 0.931 bits per heavy atom. The standard InChI is InChI=1S/C24H25NO3S/c1-23(2,3)22-24(4,5)21-19-13-12-18(29(26,27)28)15-16(19)11-14-20(21)25(22)17-9-7-6-8-10-17/h6-15H,1-5H3. The molecule has 0 unspecified atom stereocenters. The zero-order valence-electron chi connectivity index (χ0n) is 17.4. The fourth-order valence-electron chi connectivity index (χ4n) is 4.93. The van der Waals surface area contributed by atoms with Crippen molar-refractivity contribution in [3.05, 3.63) is 66.2 Å². The summed E-state index contributed by atoms with van der Waals surface area (Å²) in [5.74, 6) is 0. The van der Waals surface area contributed by atoms with E-state index >= 15 is 0 Å². The quantitative estimate of drug-likeness (QED) is 0.425. The molecule has 150 valence electrons. The van der Waals surface area contributed by atoms with Crippen molar-refractivity contribution in [1.29, 1.82) is 0 Å². The van der Waals surface area contributed by atoms with Crippen LogP contribution in [0.5, 0.6) is 0 Å². The molecule has 1 aliphatic heterocycles. The summed E-state index contributed by atoms with van der Waals surface area (Å²) in [5, 5.41) is 1.73. The van der Waals surface area contributed by atoms with Gasteiger partial charge in [-0.3, -0.25) is 0 Å². The fraction of sp³-hybridized carbons (Fsp3) is 0.292. The monoisotopic (exact) mass is 407 g/mol. The molecule has 0 fully saturated rings. The van der Waals surface area contributed by atoms with E-state index < -0.39 is 10.1 Å². The molecule has 0 N–H and O–H groups in total. The summed E-state index contributed by atoms with van der Waals surface area (Å²) in [6, 6.07) is 18.9. The van der Waals surface area contributed by atoms with E-state index in [4.69, 9.17) is 0 Å². The van der Waals surface area contributed by atoms with Crippen LogP contribution in [0.2, 0.25) is 0 Å². The summed E-state index contributed by atoms with van der Waals surface area (Å²) >= 11 is 0. The van der Waals surface area contributed by atoms with Crippen molar-refractivity contribution in [2.24, 2.45) is 5.41 Å². The topological polar surface area (TPSA) is 60.2 Å². The minimum absolute atomic E-state index is 0.0943. The Labute approximate surface area is 172 Å². The average molecular weight is 408 g/mol. The summed E-state index contributed by atoms with van der Waals surface area (Å²) in [7, 11) is -4.49. The van der Waals surface area contributed by atoms with Gasteiger partial charge in [-0.05, 0) is 42.8 Å². The lowest BCUT2D eigenvalue weighted by atomic mass is 9.70. The van der Waals surface area contributed by atoms with Gasteiger partial charge in [0.25, 0.3) is 0 Å². The van der Waals surface area contributed by atoms with Crippen molar-refractivity contribution >= 4 is 38.0 Å². The van der Waals surface area contributed by atoms with E-state index in [9.17, 15) is 13.0 Å². The first-order valence-corrected chi connectivity index (χ1v) is 11.1. The molecule has 3 aromatic rings. The summed E-state index contributed by atoms with van der Waals surface area (Å²) < 4.78 is 36.8. The number of fused-ring (bicyclic) bond motifs is 3. The number of para-hydroxylation sites is 1. The first-order chi connectivity index (χ1) is 13.4. The predicted octanol–water partition coefficient (Wildman–Crippen LogP) is 5.36. The molecule has 0 bridgehead atoms. The minimum atomic E-state index is -4.49. The fourth-order valence-corrected chi connectivity index (χ4v) is 5.44. The summed E-state index contributed by atoms with van der Waals surface area (Å²) in [4.78, 5) is -0.194. The molecule has 4 nitrogen and oxygen atoms in total. The van der Waals surface area contributed by atoms with Gasteiger partial charge in [-0.15, -0.1) is 0 Å². The van der Waals surface area contributed by atoms with Gasteiger partial charge in [-0.1, -0.05) is 45.0 Å². The number of rotatable bonds is 2. The molecule has 29 heavy (non-hydrogen) atoms. The summed E-state index contributed by atoms with van der Waals surface area (Å²) in [6.07, 6.45) is 0. The molecular formula is C24H25NO3S. The second kappa shape index (κ2) is 6.25. The molecule has 0 saturated carbocycles. The van der Waals surface area contributed by atoms with Gasteiger partial charge in [0.05, 0.1) is 10.3 Å². The van der Waals surface area contributed by atoms with Crippen LogP contribution in [0.3, 0.4) is 0 Å². The van der Waals surface area contributed by atoms with Gasteiger partial charge in [0, 0.05) is 29.2 Å². The van der Waals surface area contributed by atoms with Gasteiger partial charge in [-0.25, -0.2) is 8.42 Å².